The van der Waals surface area contributed by atoms with Gasteiger partial charge in [-0.25, -0.2) is 4.79 Å². The van der Waals surface area contributed by atoms with E-state index in [0.29, 0.717) is 12.3 Å². The Balaban J connectivity index is 2.09. The molecule has 13 heavy (non-hydrogen) atoms. The van der Waals surface area contributed by atoms with Crippen molar-refractivity contribution in [2.45, 2.75) is 26.2 Å². The molecular formula is C8H10N2O3. The molecule has 0 aromatic carbocycles. The van der Waals surface area contributed by atoms with Gasteiger partial charge in [-0.3, -0.25) is 0 Å². The zero-order chi connectivity index (χ0) is 9.47. The fourth-order valence-corrected chi connectivity index (χ4v) is 1.17. The molecule has 70 valence electrons. The minimum atomic E-state index is -1.14. The minimum absolute atomic E-state index is 0.251. The van der Waals surface area contributed by atoms with Crippen molar-refractivity contribution in [3.05, 3.63) is 11.7 Å². The zero-order valence-corrected chi connectivity index (χ0v) is 7.28. The van der Waals surface area contributed by atoms with Gasteiger partial charge in [-0.2, -0.15) is 4.98 Å². The van der Waals surface area contributed by atoms with E-state index in [1.54, 1.807) is 0 Å². The average molecular weight is 182 g/mol. The number of carbonyl (C=O) groups is 1. The fraction of sp³-hybridized carbons (Fsp3) is 0.625. The standard InChI is InChI=1S/C8H10N2O3/c1-8(2-3-8)4-5-9-6(7(11)12)10-13-5/h2-4H2,1H3,(H,11,12). The third kappa shape index (κ3) is 1.68. The van der Waals surface area contributed by atoms with Gasteiger partial charge in [0.25, 0.3) is 5.82 Å². The van der Waals surface area contributed by atoms with Crippen LogP contribution in [0, 0.1) is 5.41 Å². The number of carboxylic acids is 1. The Morgan fingerprint density at radius 3 is 2.85 bits per heavy atom. The zero-order valence-electron chi connectivity index (χ0n) is 7.28. The second-order valence-electron chi connectivity index (χ2n) is 3.80. The highest BCUT2D eigenvalue weighted by Crippen LogP contribution is 2.47. The number of carboxylic acid groups (broad SMARTS) is 1. The van der Waals surface area contributed by atoms with Gasteiger partial charge < -0.3 is 9.63 Å². The van der Waals surface area contributed by atoms with Crippen molar-refractivity contribution in [1.82, 2.24) is 10.1 Å². The Morgan fingerprint density at radius 1 is 1.69 bits per heavy atom. The van der Waals surface area contributed by atoms with Gasteiger partial charge in [0.15, 0.2) is 0 Å². The van der Waals surface area contributed by atoms with Gasteiger partial charge in [-0.05, 0) is 23.4 Å². The number of aromatic nitrogens is 2. The van der Waals surface area contributed by atoms with E-state index in [4.69, 9.17) is 9.63 Å². The summed E-state index contributed by atoms with van der Waals surface area (Å²) < 4.78 is 4.80. The summed E-state index contributed by atoms with van der Waals surface area (Å²) in [6.45, 7) is 2.12. The molecule has 0 spiro atoms. The van der Waals surface area contributed by atoms with Gasteiger partial charge in [-0.1, -0.05) is 6.92 Å². The number of hydrogen-bond acceptors (Lipinski definition) is 4. The maximum absolute atomic E-state index is 10.4. The van der Waals surface area contributed by atoms with Crippen LogP contribution in [0.3, 0.4) is 0 Å². The Hall–Kier alpha value is -1.39. The highest BCUT2D eigenvalue weighted by Gasteiger charge is 2.39. The third-order valence-electron chi connectivity index (χ3n) is 2.34. The van der Waals surface area contributed by atoms with Crippen LogP contribution in [-0.2, 0) is 6.42 Å². The monoisotopic (exact) mass is 182 g/mol. The SMILES string of the molecule is CC1(Cc2nc(C(=O)O)no2)CC1. The van der Waals surface area contributed by atoms with E-state index in [1.165, 1.54) is 0 Å². The molecule has 0 atom stereocenters. The van der Waals surface area contributed by atoms with E-state index in [9.17, 15) is 4.79 Å². The summed E-state index contributed by atoms with van der Waals surface area (Å²) in [4.78, 5) is 14.2. The van der Waals surface area contributed by atoms with Crippen molar-refractivity contribution in [2.24, 2.45) is 5.41 Å². The van der Waals surface area contributed by atoms with Crippen LogP contribution in [0.15, 0.2) is 4.52 Å². The van der Waals surface area contributed by atoms with Gasteiger partial charge in [0.1, 0.15) is 0 Å². The lowest BCUT2D eigenvalue weighted by Gasteiger charge is -2.00. The highest BCUT2D eigenvalue weighted by molar-refractivity contribution is 5.82. The van der Waals surface area contributed by atoms with E-state index >= 15 is 0 Å². The smallest absolute Gasteiger partial charge is 0.377 e. The van der Waals surface area contributed by atoms with Gasteiger partial charge in [-0.15, -0.1) is 0 Å². The molecule has 1 fully saturated rings. The van der Waals surface area contributed by atoms with Crippen molar-refractivity contribution >= 4 is 5.97 Å². The first-order valence-electron chi connectivity index (χ1n) is 4.15. The molecular weight excluding hydrogens is 172 g/mol. The summed E-state index contributed by atoms with van der Waals surface area (Å²) in [7, 11) is 0. The van der Waals surface area contributed by atoms with E-state index in [2.05, 4.69) is 17.1 Å². The van der Waals surface area contributed by atoms with E-state index in [1.807, 2.05) is 0 Å². The molecule has 1 saturated carbocycles. The predicted octanol–water partition coefficient (Wildman–Crippen LogP) is 1.11. The number of rotatable bonds is 3. The summed E-state index contributed by atoms with van der Waals surface area (Å²) in [5.41, 5.74) is 0.266. The number of aromatic carboxylic acids is 1. The first kappa shape index (κ1) is 8.22. The predicted molar refractivity (Wildman–Crippen MR) is 42.3 cm³/mol. The number of nitrogens with zero attached hydrogens (tertiary/aromatic N) is 2. The molecule has 0 aliphatic heterocycles. The molecule has 1 heterocycles. The van der Waals surface area contributed by atoms with E-state index in [0.717, 1.165) is 12.8 Å². The van der Waals surface area contributed by atoms with E-state index in [-0.39, 0.29) is 11.2 Å². The van der Waals surface area contributed by atoms with Crippen LogP contribution in [0.25, 0.3) is 0 Å². The van der Waals surface area contributed by atoms with Crippen LogP contribution in [-0.4, -0.2) is 21.2 Å². The third-order valence-corrected chi connectivity index (χ3v) is 2.34. The van der Waals surface area contributed by atoms with Crippen LogP contribution in [0.2, 0.25) is 0 Å². The fourth-order valence-electron chi connectivity index (χ4n) is 1.17. The lowest BCUT2D eigenvalue weighted by atomic mass is 10.1. The molecule has 1 aliphatic carbocycles. The first-order valence-corrected chi connectivity index (χ1v) is 4.15. The molecule has 1 aromatic heterocycles. The first-order chi connectivity index (χ1) is 6.09. The van der Waals surface area contributed by atoms with E-state index < -0.39 is 5.97 Å². The molecule has 0 saturated heterocycles. The second kappa shape index (κ2) is 2.55. The maximum Gasteiger partial charge on any atom is 0.377 e. The normalized spacial score (nSPS) is 18.5. The number of hydrogen-bond donors (Lipinski definition) is 1. The van der Waals surface area contributed by atoms with Crippen LogP contribution in [0.4, 0.5) is 0 Å². The van der Waals surface area contributed by atoms with Crippen molar-refractivity contribution in [2.75, 3.05) is 0 Å². The van der Waals surface area contributed by atoms with Crippen LogP contribution >= 0.6 is 0 Å². The molecule has 1 aromatic rings. The lowest BCUT2D eigenvalue weighted by molar-refractivity contribution is 0.0680. The van der Waals surface area contributed by atoms with Crippen molar-refractivity contribution in [1.29, 1.82) is 0 Å². The van der Waals surface area contributed by atoms with Gasteiger partial charge >= 0.3 is 5.97 Å². The Bertz CT molecular complexity index is 341. The van der Waals surface area contributed by atoms with Crippen LogP contribution < -0.4 is 0 Å². The summed E-state index contributed by atoms with van der Waals surface area (Å²) in [6, 6.07) is 0. The molecule has 0 bridgehead atoms. The molecule has 0 radical (unpaired) electrons. The van der Waals surface area contributed by atoms with Crippen molar-refractivity contribution < 1.29 is 14.4 Å². The second-order valence-corrected chi connectivity index (χ2v) is 3.80. The Labute approximate surface area is 74.8 Å². The summed E-state index contributed by atoms with van der Waals surface area (Å²) in [6.07, 6.45) is 2.99. The molecule has 5 nitrogen and oxygen atoms in total. The van der Waals surface area contributed by atoms with Crippen molar-refractivity contribution in [3.63, 3.8) is 0 Å². The molecule has 1 N–H and O–H groups in total. The van der Waals surface area contributed by atoms with Crippen molar-refractivity contribution in [3.8, 4) is 0 Å². The van der Waals surface area contributed by atoms with Crippen LogP contribution in [0.1, 0.15) is 36.3 Å². The summed E-state index contributed by atoms with van der Waals surface area (Å²) in [5.74, 6) is -0.965. The van der Waals surface area contributed by atoms with Gasteiger partial charge in [0, 0.05) is 6.42 Å². The van der Waals surface area contributed by atoms with Gasteiger partial charge in [0.05, 0.1) is 0 Å². The molecule has 0 unspecified atom stereocenters. The molecule has 2 rings (SSSR count). The largest absolute Gasteiger partial charge is 0.475 e. The Kier molecular flexibility index (Phi) is 1.61. The highest BCUT2D eigenvalue weighted by atomic mass is 16.5. The maximum atomic E-state index is 10.4. The van der Waals surface area contributed by atoms with Gasteiger partial charge in [0.2, 0.25) is 5.89 Å². The quantitative estimate of drug-likeness (QED) is 0.757. The Morgan fingerprint density at radius 2 is 2.38 bits per heavy atom. The molecule has 1 aliphatic rings. The average Bonchev–Trinajstić information content (AvgIpc) is 2.62. The lowest BCUT2D eigenvalue weighted by Crippen LogP contribution is -2.01. The summed E-state index contributed by atoms with van der Waals surface area (Å²) >= 11 is 0. The molecule has 5 heteroatoms. The van der Waals surface area contributed by atoms with Crippen LogP contribution in [0.5, 0.6) is 0 Å². The minimum Gasteiger partial charge on any atom is -0.475 e. The topological polar surface area (TPSA) is 76.2 Å². The molecule has 0 amide bonds. The summed E-state index contributed by atoms with van der Waals surface area (Å²) in [5, 5.41) is 11.9.